The number of nitrogens with zero attached hydrogens (tertiary/aromatic N) is 1. The lowest BCUT2D eigenvalue weighted by molar-refractivity contribution is -0.119. The first-order valence-corrected chi connectivity index (χ1v) is 6.06. The minimum atomic E-state index is -4.25. The molecule has 0 aliphatic carbocycles. The van der Waals surface area contributed by atoms with Gasteiger partial charge >= 0.3 is 6.18 Å². The molecule has 0 radical (unpaired) electrons. The van der Waals surface area contributed by atoms with Crippen LogP contribution in [0, 0.1) is 0 Å². The minimum absolute atomic E-state index is 0.237. The predicted octanol–water partition coefficient (Wildman–Crippen LogP) is 3.23. The molecule has 0 fully saturated rings. The second-order valence-corrected chi connectivity index (χ2v) is 4.32. The molecule has 0 spiro atoms. The van der Waals surface area contributed by atoms with E-state index in [0.717, 1.165) is 5.56 Å². The van der Waals surface area contributed by atoms with Crippen molar-refractivity contribution in [1.82, 2.24) is 0 Å². The van der Waals surface area contributed by atoms with Crippen LogP contribution < -0.4 is 10.6 Å². The molecular weight excluding hydrogens is 265 g/mol. The van der Waals surface area contributed by atoms with Crippen molar-refractivity contribution in [1.29, 1.82) is 0 Å². The number of hydrogen-bond donors (Lipinski definition) is 1. The van der Waals surface area contributed by atoms with Gasteiger partial charge in [-0.25, -0.2) is 0 Å². The lowest BCUT2D eigenvalue weighted by Gasteiger charge is -2.27. The highest BCUT2D eigenvalue weighted by Crippen LogP contribution is 2.32. The summed E-state index contributed by atoms with van der Waals surface area (Å²) in [5.41, 5.74) is 6.65. The summed E-state index contributed by atoms with van der Waals surface area (Å²) < 4.78 is 37.6. The Balaban J connectivity index is 3.11. The summed E-state index contributed by atoms with van der Waals surface area (Å²) in [6.45, 7) is 1.27. The van der Waals surface area contributed by atoms with E-state index in [2.05, 4.69) is 0 Å². The molecule has 18 heavy (non-hydrogen) atoms. The second-order valence-electron chi connectivity index (χ2n) is 3.92. The fourth-order valence-electron chi connectivity index (χ4n) is 1.84. The Morgan fingerprint density at radius 2 is 2.00 bits per heavy atom. The van der Waals surface area contributed by atoms with Gasteiger partial charge in [0.1, 0.15) is 6.54 Å². The molecule has 2 nitrogen and oxygen atoms in total. The molecule has 1 rings (SSSR count). The highest BCUT2D eigenvalue weighted by atomic mass is 35.5. The van der Waals surface area contributed by atoms with E-state index in [1.165, 1.54) is 4.90 Å². The first-order valence-electron chi connectivity index (χ1n) is 5.68. The van der Waals surface area contributed by atoms with Crippen LogP contribution in [0.4, 0.5) is 18.9 Å². The van der Waals surface area contributed by atoms with Crippen LogP contribution in [0.25, 0.3) is 0 Å². The number of hydrogen-bond acceptors (Lipinski definition) is 2. The predicted molar refractivity (Wildman–Crippen MR) is 68.2 cm³/mol. The van der Waals surface area contributed by atoms with E-state index in [-0.39, 0.29) is 6.54 Å². The Morgan fingerprint density at radius 3 is 2.50 bits per heavy atom. The van der Waals surface area contributed by atoms with Gasteiger partial charge in [0.15, 0.2) is 0 Å². The number of halogens is 4. The number of rotatable bonds is 5. The molecule has 1 aromatic rings. The molecule has 0 heterocycles. The average molecular weight is 281 g/mol. The van der Waals surface area contributed by atoms with E-state index < -0.39 is 12.7 Å². The third-order valence-electron chi connectivity index (χ3n) is 2.55. The van der Waals surface area contributed by atoms with E-state index in [4.69, 9.17) is 17.3 Å². The van der Waals surface area contributed by atoms with Crippen molar-refractivity contribution < 1.29 is 13.2 Å². The van der Waals surface area contributed by atoms with Crippen LogP contribution in [0.5, 0.6) is 0 Å². The first kappa shape index (κ1) is 15.1. The normalized spacial score (nSPS) is 11.7. The number of anilines is 1. The summed E-state index contributed by atoms with van der Waals surface area (Å²) >= 11 is 6.02. The molecule has 0 aromatic heterocycles. The zero-order valence-corrected chi connectivity index (χ0v) is 10.9. The maximum Gasteiger partial charge on any atom is 0.405 e. The van der Waals surface area contributed by atoms with Gasteiger partial charge in [0, 0.05) is 6.54 Å². The maximum absolute atomic E-state index is 12.5. The smallest absolute Gasteiger partial charge is 0.361 e. The molecule has 0 saturated heterocycles. The van der Waals surface area contributed by atoms with Gasteiger partial charge in [-0.15, -0.1) is 0 Å². The Kier molecular flexibility index (Phi) is 5.28. The molecule has 0 bridgehead atoms. The highest BCUT2D eigenvalue weighted by Gasteiger charge is 2.31. The maximum atomic E-state index is 12.5. The Hall–Kier alpha value is -0.940. The Labute approximate surface area is 110 Å². The van der Waals surface area contributed by atoms with Crippen molar-refractivity contribution in [2.24, 2.45) is 5.73 Å². The molecule has 6 heteroatoms. The van der Waals surface area contributed by atoms with Crippen molar-refractivity contribution >= 4 is 17.3 Å². The summed E-state index contributed by atoms with van der Waals surface area (Å²) in [6, 6.07) is 5.07. The van der Waals surface area contributed by atoms with E-state index in [0.29, 0.717) is 23.7 Å². The number of alkyl halides is 3. The SMILES string of the molecule is CCN(CC(F)(F)F)c1c(Cl)cccc1CCN. The second kappa shape index (κ2) is 6.29. The summed E-state index contributed by atoms with van der Waals surface area (Å²) in [5.74, 6) is 0. The third kappa shape index (κ3) is 4.07. The van der Waals surface area contributed by atoms with Gasteiger partial charge in [-0.3, -0.25) is 0 Å². The minimum Gasteiger partial charge on any atom is -0.361 e. The van der Waals surface area contributed by atoms with Crippen LogP contribution in [-0.2, 0) is 6.42 Å². The van der Waals surface area contributed by atoms with Crippen LogP contribution in [0.1, 0.15) is 12.5 Å². The van der Waals surface area contributed by atoms with Crippen LogP contribution in [-0.4, -0.2) is 25.8 Å². The molecule has 0 aliphatic rings. The standard InChI is InChI=1S/C12H16ClF3N2/c1-2-18(8-12(14,15)16)11-9(6-7-17)4-3-5-10(11)13/h3-5H,2,6-8,17H2,1H3. The van der Waals surface area contributed by atoms with Gasteiger partial charge in [-0.05, 0) is 31.5 Å². The van der Waals surface area contributed by atoms with Gasteiger partial charge in [0.2, 0.25) is 0 Å². The van der Waals surface area contributed by atoms with Crippen molar-refractivity contribution in [3.63, 3.8) is 0 Å². The summed E-state index contributed by atoms with van der Waals surface area (Å²) in [4.78, 5) is 1.23. The van der Waals surface area contributed by atoms with Gasteiger partial charge in [0.25, 0.3) is 0 Å². The van der Waals surface area contributed by atoms with Crippen LogP contribution in [0.3, 0.4) is 0 Å². The van der Waals surface area contributed by atoms with Crippen molar-refractivity contribution in [2.45, 2.75) is 19.5 Å². The van der Waals surface area contributed by atoms with Crippen molar-refractivity contribution in [2.75, 3.05) is 24.5 Å². The summed E-state index contributed by atoms with van der Waals surface area (Å²) in [7, 11) is 0. The molecule has 0 saturated carbocycles. The van der Waals surface area contributed by atoms with E-state index >= 15 is 0 Å². The van der Waals surface area contributed by atoms with Gasteiger partial charge in [0.05, 0.1) is 10.7 Å². The van der Waals surface area contributed by atoms with Gasteiger partial charge in [-0.2, -0.15) is 13.2 Å². The topological polar surface area (TPSA) is 29.3 Å². The third-order valence-corrected chi connectivity index (χ3v) is 2.86. The summed E-state index contributed by atoms with van der Waals surface area (Å²) in [5, 5.41) is 0.326. The van der Waals surface area contributed by atoms with Gasteiger partial charge < -0.3 is 10.6 Å². The van der Waals surface area contributed by atoms with E-state index in [9.17, 15) is 13.2 Å². The van der Waals surface area contributed by atoms with E-state index in [1.807, 2.05) is 0 Å². The molecule has 0 unspecified atom stereocenters. The molecule has 2 N–H and O–H groups in total. The van der Waals surface area contributed by atoms with Crippen molar-refractivity contribution in [3.05, 3.63) is 28.8 Å². The first-order chi connectivity index (χ1) is 8.39. The highest BCUT2D eigenvalue weighted by molar-refractivity contribution is 6.33. The zero-order chi connectivity index (χ0) is 13.8. The van der Waals surface area contributed by atoms with Gasteiger partial charge in [-0.1, -0.05) is 23.7 Å². The fraction of sp³-hybridized carbons (Fsp3) is 0.500. The molecule has 0 atom stereocenters. The van der Waals surface area contributed by atoms with E-state index in [1.54, 1.807) is 25.1 Å². The fourth-order valence-corrected chi connectivity index (χ4v) is 2.15. The zero-order valence-electron chi connectivity index (χ0n) is 10.1. The lowest BCUT2D eigenvalue weighted by Crippen LogP contribution is -2.35. The van der Waals surface area contributed by atoms with Crippen LogP contribution in [0.15, 0.2) is 18.2 Å². The number of nitrogens with two attached hydrogens (primary N) is 1. The largest absolute Gasteiger partial charge is 0.405 e. The molecule has 0 aliphatic heterocycles. The average Bonchev–Trinajstić information content (AvgIpc) is 2.26. The molecule has 1 aromatic carbocycles. The quantitative estimate of drug-likeness (QED) is 0.897. The molecule has 102 valence electrons. The Bertz CT molecular complexity index is 393. The Morgan fingerprint density at radius 1 is 1.33 bits per heavy atom. The lowest BCUT2D eigenvalue weighted by atomic mass is 10.1. The van der Waals surface area contributed by atoms with Crippen molar-refractivity contribution in [3.8, 4) is 0 Å². The molecular formula is C12H16ClF3N2. The van der Waals surface area contributed by atoms with Crippen LogP contribution >= 0.6 is 11.6 Å². The molecule has 0 amide bonds. The monoisotopic (exact) mass is 280 g/mol. The van der Waals surface area contributed by atoms with Crippen LogP contribution in [0.2, 0.25) is 5.02 Å². The number of para-hydroxylation sites is 1. The number of benzene rings is 1. The summed E-state index contributed by atoms with van der Waals surface area (Å²) in [6.07, 6.45) is -3.75.